The molecule has 1 aliphatic rings. The minimum atomic E-state index is -0.453. The van der Waals surface area contributed by atoms with Gasteiger partial charge in [-0.05, 0) is 66.9 Å². The number of hydrogen-bond donors (Lipinski definition) is 3. The first kappa shape index (κ1) is 24.2. The van der Waals surface area contributed by atoms with E-state index in [0.29, 0.717) is 33.5 Å². The van der Waals surface area contributed by atoms with Crippen molar-refractivity contribution < 1.29 is 19.1 Å². The molecule has 10 heteroatoms. The first-order valence-electron chi connectivity index (χ1n) is 12.4. The van der Waals surface area contributed by atoms with Gasteiger partial charge in [-0.1, -0.05) is 24.3 Å². The number of nitrogens with zero attached hydrogens (tertiary/aromatic N) is 4. The summed E-state index contributed by atoms with van der Waals surface area (Å²) >= 11 is 0. The van der Waals surface area contributed by atoms with E-state index in [9.17, 15) is 19.1 Å². The monoisotopic (exact) mass is 522 g/mol. The molecule has 194 valence electrons. The van der Waals surface area contributed by atoms with Gasteiger partial charge in [-0.25, -0.2) is 14.2 Å². The molecule has 0 bridgehead atoms. The predicted octanol–water partition coefficient (Wildman–Crippen LogP) is 5.23. The van der Waals surface area contributed by atoms with Gasteiger partial charge in [-0.15, -0.1) is 0 Å². The Morgan fingerprint density at radius 1 is 1.00 bits per heavy atom. The Balaban J connectivity index is 1.24. The van der Waals surface area contributed by atoms with Gasteiger partial charge in [-0.2, -0.15) is 9.78 Å². The summed E-state index contributed by atoms with van der Waals surface area (Å²) < 4.78 is 14.8. The number of para-hydroxylation sites is 2. The summed E-state index contributed by atoms with van der Waals surface area (Å²) in [5.41, 5.74) is 3.95. The average Bonchev–Trinajstić information content (AvgIpc) is 3.70. The van der Waals surface area contributed by atoms with Gasteiger partial charge in [0.15, 0.2) is 0 Å². The van der Waals surface area contributed by atoms with E-state index >= 15 is 0 Å². The predicted molar refractivity (Wildman–Crippen MR) is 143 cm³/mol. The summed E-state index contributed by atoms with van der Waals surface area (Å²) in [7, 11) is 0. The number of carbonyl (C=O) groups excluding carboxylic acids is 2. The van der Waals surface area contributed by atoms with E-state index in [4.69, 9.17) is 0 Å². The Hall–Kier alpha value is -5.12. The number of phenols is 1. The molecule has 0 saturated heterocycles. The van der Waals surface area contributed by atoms with Crippen molar-refractivity contribution in [1.82, 2.24) is 25.1 Å². The van der Waals surface area contributed by atoms with Crippen LogP contribution in [0, 0.1) is 5.82 Å². The molecule has 3 N–H and O–H groups in total. The highest BCUT2D eigenvalue weighted by Crippen LogP contribution is 2.42. The quantitative estimate of drug-likeness (QED) is 0.263. The maximum absolute atomic E-state index is 13.5. The zero-order valence-electron chi connectivity index (χ0n) is 20.6. The van der Waals surface area contributed by atoms with Crippen LogP contribution in [0.5, 0.6) is 5.75 Å². The van der Waals surface area contributed by atoms with Crippen LogP contribution in [0.25, 0.3) is 22.3 Å². The number of anilines is 1. The van der Waals surface area contributed by atoms with Crippen LogP contribution in [0.1, 0.15) is 40.5 Å². The third kappa shape index (κ3) is 5.17. The highest BCUT2D eigenvalue weighted by Gasteiger charge is 2.31. The molecule has 6 rings (SSSR count). The molecule has 2 heterocycles. The van der Waals surface area contributed by atoms with E-state index in [2.05, 4.69) is 25.7 Å². The molecule has 3 aromatic carbocycles. The van der Waals surface area contributed by atoms with Crippen LogP contribution in [0.4, 0.5) is 14.9 Å². The van der Waals surface area contributed by atoms with Gasteiger partial charge in [0.25, 0.3) is 5.91 Å². The number of aromatic nitrogens is 4. The van der Waals surface area contributed by atoms with Crippen LogP contribution in [0.3, 0.4) is 0 Å². The Kier molecular flexibility index (Phi) is 6.20. The zero-order valence-corrected chi connectivity index (χ0v) is 20.6. The van der Waals surface area contributed by atoms with E-state index in [1.807, 2.05) is 18.2 Å². The number of aromatic hydroxyl groups is 1. The van der Waals surface area contributed by atoms with Crippen molar-refractivity contribution >= 4 is 28.7 Å². The van der Waals surface area contributed by atoms with Crippen LogP contribution in [-0.4, -0.2) is 36.8 Å². The summed E-state index contributed by atoms with van der Waals surface area (Å²) in [6.07, 6.45) is 3.26. The molecule has 39 heavy (non-hydrogen) atoms. The molecule has 0 atom stereocenters. The second-order valence-electron chi connectivity index (χ2n) is 9.36. The maximum atomic E-state index is 13.5. The van der Waals surface area contributed by atoms with Crippen molar-refractivity contribution in [3.63, 3.8) is 0 Å². The molecular weight excluding hydrogens is 499 g/mol. The van der Waals surface area contributed by atoms with Crippen LogP contribution in [-0.2, 0) is 6.54 Å². The molecule has 0 aliphatic heterocycles. The fourth-order valence-corrected chi connectivity index (χ4v) is 4.34. The van der Waals surface area contributed by atoms with Crippen LogP contribution in [0.2, 0.25) is 0 Å². The van der Waals surface area contributed by atoms with E-state index < -0.39 is 11.9 Å². The Morgan fingerprint density at radius 2 is 1.82 bits per heavy atom. The topological polar surface area (TPSA) is 122 Å². The number of phenolic OH excluding ortho intramolecular Hbond substituents is 1. The molecular formula is C29H23FN6O3. The van der Waals surface area contributed by atoms with Crippen molar-refractivity contribution in [2.45, 2.75) is 25.3 Å². The van der Waals surface area contributed by atoms with Gasteiger partial charge < -0.3 is 15.7 Å². The number of carbonyl (C=O) groups is 2. The fraction of sp³-hybridized carbons (Fsp3) is 0.138. The fourth-order valence-electron chi connectivity index (χ4n) is 4.34. The molecule has 2 amide bonds. The first-order chi connectivity index (χ1) is 18.9. The van der Waals surface area contributed by atoms with E-state index in [1.165, 1.54) is 29.1 Å². The molecule has 1 aliphatic carbocycles. The summed E-state index contributed by atoms with van der Waals surface area (Å²) in [5.74, 6) is -0.698. The lowest BCUT2D eigenvalue weighted by atomic mass is 10.1. The normalized spacial score (nSPS) is 12.8. The number of rotatable bonds is 6. The van der Waals surface area contributed by atoms with Crippen molar-refractivity contribution in [1.29, 1.82) is 0 Å². The van der Waals surface area contributed by atoms with E-state index in [-0.39, 0.29) is 29.7 Å². The van der Waals surface area contributed by atoms with Crippen molar-refractivity contribution in [3.05, 3.63) is 102 Å². The lowest BCUT2D eigenvalue weighted by Crippen LogP contribution is -2.30. The average molecular weight is 523 g/mol. The van der Waals surface area contributed by atoms with Gasteiger partial charge in [-0.3, -0.25) is 9.78 Å². The summed E-state index contributed by atoms with van der Waals surface area (Å²) in [5, 5.41) is 20.7. The molecule has 0 unspecified atom stereocenters. The highest BCUT2D eigenvalue weighted by atomic mass is 19.1. The Labute approximate surface area is 222 Å². The number of nitrogens with one attached hydrogen (secondary N) is 2. The van der Waals surface area contributed by atoms with Crippen LogP contribution in [0.15, 0.2) is 79.0 Å². The lowest BCUT2D eigenvalue weighted by Gasteiger charge is -2.09. The SMILES string of the molecule is O=C(Nc1ccc(O)c(-c2cc(C3CC3)n(C(=O)NCc3cccc(F)c3)n2)c1)c1cnc2ccccc2n1. The minimum Gasteiger partial charge on any atom is -0.507 e. The third-order valence-corrected chi connectivity index (χ3v) is 6.47. The Morgan fingerprint density at radius 3 is 2.62 bits per heavy atom. The van der Waals surface area contributed by atoms with Crippen LogP contribution < -0.4 is 10.6 Å². The summed E-state index contributed by atoms with van der Waals surface area (Å²) in [4.78, 5) is 34.5. The molecule has 1 saturated carbocycles. The summed E-state index contributed by atoms with van der Waals surface area (Å²) in [6.45, 7) is 0.139. The third-order valence-electron chi connectivity index (χ3n) is 6.47. The van der Waals surface area contributed by atoms with Gasteiger partial charge in [0.2, 0.25) is 0 Å². The standard InChI is InChI=1S/C29H23FN6O3/c30-19-5-3-4-17(12-19)15-32-29(39)36-26(18-8-9-18)14-24(35-36)21-13-20(10-11-27(21)37)33-28(38)25-16-31-22-6-1-2-7-23(22)34-25/h1-7,10-14,16,18,37H,8-9,15H2,(H,32,39)(H,33,38). The van der Waals surface area contributed by atoms with Gasteiger partial charge in [0.1, 0.15) is 17.3 Å². The molecule has 9 nitrogen and oxygen atoms in total. The maximum Gasteiger partial charge on any atom is 0.342 e. The number of benzene rings is 3. The highest BCUT2D eigenvalue weighted by molar-refractivity contribution is 6.04. The second kappa shape index (κ2) is 9.97. The van der Waals surface area contributed by atoms with Crippen molar-refractivity contribution in [3.8, 4) is 17.0 Å². The largest absolute Gasteiger partial charge is 0.507 e. The van der Waals surface area contributed by atoms with E-state index in [0.717, 1.165) is 18.5 Å². The van der Waals surface area contributed by atoms with Gasteiger partial charge >= 0.3 is 6.03 Å². The van der Waals surface area contributed by atoms with Crippen molar-refractivity contribution in [2.75, 3.05) is 5.32 Å². The van der Waals surface area contributed by atoms with E-state index in [1.54, 1.807) is 36.4 Å². The first-order valence-corrected chi connectivity index (χ1v) is 12.4. The smallest absolute Gasteiger partial charge is 0.342 e. The number of halogens is 1. The molecule has 1 fully saturated rings. The minimum absolute atomic E-state index is 0.0503. The van der Waals surface area contributed by atoms with Gasteiger partial charge in [0, 0.05) is 23.7 Å². The number of hydrogen-bond acceptors (Lipinski definition) is 6. The van der Waals surface area contributed by atoms with Crippen molar-refractivity contribution in [2.24, 2.45) is 0 Å². The second-order valence-corrected chi connectivity index (χ2v) is 9.36. The number of fused-ring (bicyclic) bond motifs is 1. The van der Waals surface area contributed by atoms with Crippen LogP contribution >= 0.6 is 0 Å². The molecule has 0 radical (unpaired) electrons. The molecule has 0 spiro atoms. The molecule has 2 aromatic heterocycles. The summed E-state index contributed by atoms with van der Waals surface area (Å²) in [6, 6.07) is 19.2. The lowest BCUT2D eigenvalue weighted by molar-refractivity contribution is 0.102. The molecule has 5 aromatic rings. The number of amides is 2. The zero-order chi connectivity index (χ0) is 26.9. The van der Waals surface area contributed by atoms with Gasteiger partial charge in [0.05, 0.1) is 28.6 Å². The Bertz CT molecular complexity index is 1730.